The molecule has 0 aromatic rings. The second kappa shape index (κ2) is 6.57. The number of amides is 2. The van der Waals surface area contributed by atoms with E-state index in [4.69, 9.17) is 10.00 Å². The van der Waals surface area contributed by atoms with E-state index in [0.717, 1.165) is 25.9 Å². The first-order valence-corrected chi connectivity index (χ1v) is 6.52. The average Bonchev–Trinajstić information content (AvgIpc) is 2.42. The molecule has 0 spiro atoms. The van der Waals surface area contributed by atoms with E-state index in [1.165, 1.54) is 0 Å². The van der Waals surface area contributed by atoms with E-state index in [2.05, 4.69) is 16.3 Å². The van der Waals surface area contributed by atoms with Crippen molar-refractivity contribution in [2.75, 3.05) is 45.9 Å². The third kappa shape index (κ3) is 3.59. The number of nitrogens with one attached hydrogen (secondary N) is 1. The van der Waals surface area contributed by atoms with Crippen LogP contribution in [0.5, 0.6) is 0 Å². The van der Waals surface area contributed by atoms with Crippen molar-refractivity contribution >= 4 is 6.03 Å². The number of morpholine rings is 1. The molecule has 0 saturated carbocycles. The van der Waals surface area contributed by atoms with Crippen LogP contribution in [0.15, 0.2) is 0 Å². The van der Waals surface area contributed by atoms with E-state index < -0.39 is 0 Å². The highest BCUT2D eigenvalue weighted by molar-refractivity contribution is 5.74. The standard InChI is InChI=1S/C12H20N4O2/c13-3-6-15-4-1-11(2-5-15)14-12(17)16-7-9-18-10-8-16/h11H,1-2,4-10H2,(H,14,17). The Morgan fingerprint density at radius 3 is 2.56 bits per heavy atom. The summed E-state index contributed by atoms with van der Waals surface area (Å²) >= 11 is 0. The minimum Gasteiger partial charge on any atom is -0.378 e. The van der Waals surface area contributed by atoms with E-state index in [1.54, 1.807) is 0 Å². The Bertz CT molecular complexity index is 315. The van der Waals surface area contributed by atoms with Crippen LogP contribution in [-0.2, 0) is 4.74 Å². The number of nitrogens with zero attached hydrogens (tertiary/aromatic N) is 3. The molecule has 6 nitrogen and oxygen atoms in total. The predicted octanol–water partition coefficient (Wildman–Crippen LogP) is 0.0162. The van der Waals surface area contributed by atoms with Gasteiger partial charge in [-0.05, 0) is 12.8 Å². The second-order valence-electron chi connectivity index (χ2n) is 4.76. The number of likely N-dealkylation sites (tertiary alicyclic amines) is 1. The van der Waals surface area contributed by atoms with Crippen LogP contribution >= 0.6 is 0 Å². The number of hydrogen-bond donors (Lipinski definition) is 1. The van der Waals surface area contributed by atoms with Crippen molar-refractivity contribution in [3.05, 3.63) is 0 Å². The molecule has 2 aliphatic rings. The Kier molecular flexibility index (Phi) is 4.79. The van der Waals surface area contributed by atoms with E-state index >= 15 is 0 Å². The number of rotatable bonds is 2. The summed E-state index contributed by atoms with van der Waals surface area (Å²) < 4.78 is 5.22. The Hall–Kier alpha value is -1.32. The summed E-state index contributed by atoms with van der Waals surface area (Å²) in [5.41, 5.74) is 0. The van der Waals surface area contributed by atoms with Crippen molar-refractivity contribution in [3.63, 3.8) is 0 Å². The molecule has 2 heterocycles. The largest absolute Gasteiger partial charge is 0.378 e. The van der Waals surface area contributed by atoms with Gasteiger partial charge in [0.2, 0.25) is 0 Å². The Morgan fingerprint density at radius 2 is 1.94 bits per heavy atom. The maximum atomic E-state index is 12.0. The summed E-state index contributed by atoms with van der Waals surface area (Å²) in [5, 5.41) is 11.7. The quantitative estimate of drug-likeness (QED) is 0.703. The van der Waals surface area contributed by atoms with Crippen LogP contribution < -0.4 is 5.32 Å². The molecule has 0 radical (unpaired) electrons. The first-order chi connectivity index (χ1) is 8.79. The van der Waals surface area contributed by atoms with Crippen LogP contribution in [0, 0.1) is 11.3 Å². The van der Waals surface area contributed by atoms with Crippen molar-refractivity contribution in [1.29, 1.82) is 5.26 Å². The third-order valence-electron chi connectivity index (χ3n) is 3.51. The summed E-state index contributed by atoms with van der Waals surface area (Å²) in [7, 11) is 0. The van der Waals surface area contributed by atoms with Gasteiger partial charge in [0.15, 0.2) is 0 Å². The summed E-state index contributed by atoms with van der Waals surface area (Å²) in [5.74, 6) is 0. The second-order valence-corrected chi connectivity index (χ2v) is 4.76. The van der Waals surface area contributed by atoms with Crippen molar-refractivity contribution in [1.82, 2.24) is 15.1 Å². The van der Waals surface area contributed by atoms with Crippen LogP contribution in [0.4, 0.5) is 4.79 Å². The fraction of sp³-hybridized carbons (Fsp3) is 0.833. The first-order valence-electron chi connectivity index (χ1n) is 6.52. The smallest absolute Gasteiger partial charge is 0.317 e. The predicted molar refractivity (Wildman–Crippen MR) is 66.0 cm³/mol. The summed E-state index contributed by atoms with van der Waals surface area (Å²) in [6.07, 6.45) is 1.86. The minimum absolute atomic E-state index is 0.0250. The van der Waals surface area contributed by atoms with Gasteiger partial charge in [-0.2, -0.15) is 5.26 Å². The molecule has 2 rings (SSSR count). The van der Waals surface area contributed by atoms with Crippen molar-refractivity contribution in [3.8, 4) is 6.07 Å². The van der Waals surface area contributed by atoms with Gasteiger partial charge in [-0.15, -0.1) is 0 Å². The fourth-order valence-electron chi connectivity index (χ4n) is 2.37. The molecule has 0 aliphatic carbocycles. The molecule has 0 aromatic heterocycles. The molecular weight excluding hydrogens is 232 g/mol. The lowest BCUT2D eigenvalue weighted by atomic mass is 10.1. The van der Waals surface area contributed by atoms with E-state index in [9.17, 15) is 4.79 Å². The normalized spacial score (nSPS) is 22.5. The van der Waals surface area contributed by atoms with Gasteiger partial charge in [0, 0.05) is 32.2 Å². The molecule has 0 atom stereocenters. The number of ether oxygens (including phenoxy) is 1. The average molecular weight is 252 g/mol. The fourth-order valence-corrected chi connectivity index (χ4v) is 2.37. The molecule has 0 unspecified atom stereocenters. The molecule has 1 N–H and O–H groups in total. The lowest BCUT2D eigenvalue weighted by Crippen LogP contribution is -2.51. The molecule has 0 bridgehead atoms. The minimum atomic E-state index is 0.0250. The van der Waals surface area contributed by atoms with Crippen LogP contribution in [0.2, 0.25) is 0 Å². The van der Waals surface area contributed by atoms with Crippen LogP contribution in [0.1, 0.15) is 12.8 Å². The Labute approximate surface area is 107 Å². The van der Waals surface area contributed by atoms with E-state index in [-0.39, 0.29) is 12.1 Å². The highest BCUT2D eigenvalue weighted by Gasteiger charge is 2.23. The van der Waals surface area contributed by atoms with Gasteiger partial charge in [-0.1, -0.05) is 0 Å². The molecule has 0 aromatic carbocycles. The number of carbonyl (C=O) groups is 1. The van der Waals surface area contributed by atoms with Gasteiger partial charge in [0.1, 0.15) is 0 Å². The van der Waals surface area contributed by atoms with Gasteiger partial charge < -0.3 is 15.0 Å². The topological polar surface area (TPSA) is 68.6 Å². The number of nitriles is 1. The summed E-state index contributed by atoms with van der Waals surface area (Å²) in [4.78, 5) is 15.9. The zero-order valence-corrected chi connectivity index (χ0v) is 10.6. The number of piperidine rings is 1. The Morgan fingerprint density at radius 1 is 1.28 bits per heavy atom. The van der Waals surface area contributed by atoms with E-state index in [1.807, 2.05) is 4.90 Å². The van der Waals surface area contributed by atoms with Crippen LogP contribution in [-0.4, -0.2) is 67.8 Å². The highest BCUT2D eigenvalue weighted by Crippen LogP contribution is 2.10. The van der Waals surface area contributed by atoms with Crippen molar-refractivity contribution in [2.24, 2.45) is 0 Å². The zero-order valence-electron chi connectivity index (χ0n) is 10.6. The van der Waals surface area contributed by atoms with Gasteiger partial charge >= 0.3 is 6.03 Å². The third-order valence-corrected chi connectivity index (χ3v) is 3.51. The SMILES string of the molecule is N#CCN1CCC(NC(=O)N2CCOCC2)CC1. The first kappa shape index (κ1) is 13.1. The molecule has 2 aliphatic heterocycles. The summed E-state index contributed by atoms with van der Waals surface area (Å²) in [6, 6.07) is 2.43. The van der Waals surface area contributed by atoms with Crippen LogP contribution in [0.25, 0.3) is 0 Å². The maximum Gasteiger partial charge on any atom is 0.317 e. The summed E-state index contributed by atoms with van der Waals surface area (Å²) in [6.45, 7) is 4.90. The van der Waals surface area contributed by atoms with Crippen molar-refractivity contribution in [2.45, 2.75) is 18.9 Å². The molecule has 6 heteroatoms. The van der Waals surface area contributed by atoms with Gasteiger partial charge in [-0.25, -0.2) is 4.79 Å². The Balaban J connectivity index is 1.70. The number of hydrogen-bond acceptors (Lipinski definition) is 4. The molecular formula is C12H20N4O2. The van der Waals surface area contributed by atoms with Gasteiger partial charge in [-0.3, -0.25) is 4.90 Å². The van der Waals surface area contributed by atoms with Crippen molar-refractivity contribution < 1.29 is 9.53 Å². The molecule has 18 heavy (non-hydrogen) atoms. The lowest BCUT2D eigenvalue weighted by molar-refractivity contribution is 0.0517. The number of urea groups is 1. The molecule has 2 saturated heterocycles. The van der Waals surface area contributed by atoms with E-state index in [0.29, 0.717) is 32.8 Å². The molecule has 2 fully saturated rings. The maximum absolute atomic E-state index is 12.0. The number of carbonyl (C=O) groups excluding carboxylic acids is 1. The lowest BCUT2D eigenvalue weighted by Gasteiger charge is -2.33. The van der Waals surface area contributed by atoms with Gasteiger partial charge in [0.05, 0.1) is 25.8 Å². The molecule has 100 valence electrons. The van der Waals surface area contributed by atoms with Gasteiger partial charge in [0.25, 0.3) is 0 Å². The monoisotopic (exact) mass is 252 g/mol. The van der Waals surface area contributed by atoms with Crippen LogP contribution in [0.3, 0.4) is 0 Å². The highest BCUT2D eigenvalue weighted by atomic mass is 16.5. The molecule has 2 amide bonds. The zero-order chi connectivity index (χ0) is 12.8.